The monoisotopic (exact) mass is 433 g/mol. The van der Waals surface area contributed by atoms with Crippen LogP contribution >= 0.6 is 0 Å². The number of hydrogen-bond acceptors (Lipinski definition) is 12. The van der Waals surface area contributed by atoms with Gasteiger partial charge in [0.15, 0.2) is 6.29 Å². The third kappa shape index (κ3) is 4.68. The molecule has 2 heterocycles. The number of benzene rings is 1. The summed E-state index contributed by atoms with van der Waals surface area (Å²) in [5, 5.41) is 69.7. The topological polar surface area (TPSA) is 205 Å². The Balaban J connectivity index is 1.71. The zero-order valence-corrected chi connectivity index (χ0v) is 15.8. The van der Waals surface area contributed by atoms with E-state index in [4.69, 9.17) is 24.7 Å². The lowest BCUT2D eigenvalue weighted by Gasteiger charge is -2.45. The van der Waals surface area contributed by atoms with Crippen LogP contribution in [0.3, 0.4) is 0 Å². The average molecular weight is 433 g/mol. The van der Waals surface area contributed by atoms with E-state index in [0.29, 0.717) is 11.4 Å². The van der Waals surface area contributed by atoms with E-state index in [2.05, 4.69) is 0 Å². The number of ether oxygens (including phenoxy) is 4. The quantitative estimate of drug-likeness (QED) is 0.204. The number of hydrogen-bond donors (Lipinski definition) is 8. The fourth-order valence-electron chi connectivity index (χ4n) is 3.33. The normalized spacial score (nSPS) is 42.1. The SMILES string of the molecule is Nc1ccc(O[C@@H]2O[C@@H](CO)[C@@H](O[C@@H]3O[C@@H](CO)[C@@H](O)[C@H](O)[C@H]3O)[C@H](O)[C@@H]2O)cc1. The van der Waals surface area contributed by atoms with E-state index in [1.807, 2.05) is 0 Å². The zero-order chi connectivity index (χ0) is 22.0. The van der Waals surface area contributed by atoms with Crippen LogP contribution in [-0.4, -0.2) is 110 Å². The van der Waals surface area contributed by atoms with Gasteiger partial charge in [-0.3, -0.25) is 0 Å². The van der Waals surface area contributed by atoms with Gasteiger partial charge in [0.1, 0.15) is 54.6 Å². The molecule has 170 valence electrons. The van der Waals surface area contributed by atoms with Gasteiger partial charge in [-0.15, -0.1) is 0 Å². The van der Waals surface area contributed by atoms with Crippen molar-refractivity contribution in [3.8, 4) is 5.75 Å². The van der Waals surface area contributed by atoms with E-state index in [9.17, 15) is 35.7 Å². The highest BCUT2D eigenvalue weighted by atomic mass is 16.7. The molecule has 2 aliphatic heterocycles. The van der Waals surface area contributed by atoms with Crippen LogP contribution in [0.25, 0.3) is 0 Å². The number of aliphatic hydroxyl groups is 7. The first-order chi connectivity index (χ1) is 14.3. The van der Waals surface area contributed by atoms with Crippen molar-refractivity contribution in [3.63, 3.8) is 0 Å². The van der Waals surface area contributed by atoms with Gasteiger partial charge in [0.25, 0.3) is 0 Å². The van der Waals surface area contributed by atoms with Crippen molar-refractivity contribution in [3.05, 3.63) is 24.3 Å². The molecule has 0 saturated carbocycles. The smallest absolute Gasteiger partial charge is 0.229 e. The highest BCUT2D eigenvalue weighted by Crippen LogP contribution is 2.30. The Bertz CT molecular complexity index is 673. The van der Waals surface area contributed by atoms with Crippen LogP contribution in [0, 0.1) is 0 Å². The molecular formula is C18H27NO11. The number of anilines is 1. The number of aliphatic hydroxyl groups excluding tert-OH is 7. The van der Waals surface area contributed by atoms with Crippen LogP contribution in [0.15, 0.2) is 24.3 Å². The zero-order valence-electron chi connectivity index (χ0n) is 15.8. The lowest BCUT2D eigenvalue weighted by Crippen LogP contribution is -2.65. The Kier molecular flexibility index (Phi) is 7.47. The molecular weight excluding hydrogens is 406 g/mol. The average Bonchev–Trinajstić information content (AvgIpc) is 2.74. The summed E-state index contributed by atoms with van der Waals surface area (Å²) in [4.78, 5) is 0. The first-order valence-corrected chi connectivity index (χ1v) is 9.37. The van der Waals surface area contributed by atoms with Gasteiger partial charge in [-0.25, -0.2) is 0 Å². The first-order valence-electron chi connectivity index (χ1n) is 9.37. The molecule has 0 bridgehead atoms. The maximum atomic E-state index is 10.5. The van der Waals surface area contributed by atoms with Gasteiger partial charge in [0.05, 0.1) is 13.2 Å². The Morgan fingerprint density at radius 1 is 0.733 bits per heavy atom. The molecule has 30 heavy (non-hydrogen) atoms. The molecule has 9 N–H and O–H groups in total. The summed E-state index contributed by atoms with van der Waals surface area (Å²) in [5.41, 5.74) is 6.10. The first kappa shape index (κ1) is 23.1. The molecule has 0 amide bonds. The minimum Gasteiger partial charge on any atom is -0.462 e. The van der Waals surface area contributed by atoms with Crippen LogP contribution in [0.1, 0.15) is 0 Å². The number of nitrogen functional groups attached to an aromatic ring is 1. The summed E-state index contributed by atoms with van der Waals surface area (Å²) < 4.78 is 21.7. The van der Waals surface area contributed by atoms with Gasteiger partial charge in [-0.1, -0.05) is 0 Å². The second-order valence-electron chi connectivity index (χ2n) is 7.19. The molecule has 12 heteroatoms. The van der Waals surface area contributed by atoms with E-state index in [1.165, 1.54) is 12.1 Å². The van der Waals surface area contributed by atoms with Crippen molar-refractivity contribution in [1.29, 1.82) is 0 Å². The predicted octanol–water partition coefficient (Wildman–Crippen LogP) is -3.73. The van der Waals surface area contributed by atoms with Crippen molar-refractivity contribution in [2.75, 3.05) is 18.9 Å². The fourth-order valence-corrected chi connectivity index (χ4v) is 3.33. The van der Waals surface area contributed by atoms with Gasteiger partial charge in [0.2, 0.25) is 6.29 Å². The highest BCUT2D eigenvalue weighted by molar-refractivity contribution is 5.41. The van der Waals surface area contributed by atoms with E-state index < -0.39 is 74.6 Å². The molecule has 0 aliphatic carbocycles. The van der Waals surface area contributed by atoms with Crippen LogP contribution in [0.5, 0.6) is 5.75 Å². The summed E-state index contributed by atoms with van der Waals surface area (Å²) in [6, 6.07) is 6.19. The van der Waals surface area contributed by atoms with Gasteiger partial charge in [-0.2, -0.15) is 0 Å². The summed E-state index contributed by atoms with van der Waals surface area (Å²) in [7, 11) is 0. The largest absolute Gasteiger partial charge is 0.462 e. The standard InChI is InChI=1S/C18H27NO11/c19-7-1-3-8(4-2-7)27-17-15(26)13(24)16(10(6-21)29-17)30-18-14(25)12(23)11(22)9(5-20)28-18/h1-4,9-18,20-26H,5-6,19H2/t9-,10-,11+,12-,13+,14+,15-,16+,17+,18-/m0/s1. The van der Waals surface area contributed by atoms with Crippen molar-refractivity contribution in [1.82, 2.24) is 0 Å². The maximum Gasteiger partial charge on any atom is 0.229 e. The molecule has 12 nitrogen and oxygen atoms in total. The lowest BCUT2D eigenvalue weighted by molar-refractivity contribution is -0.352. The Labute approximate surface area is 171 Å². The highest BCUT2D eigenvalue weighted by Gasteiger charge is 2.51. The van der Waals surface area contributed by atoms with Gasteiger partial charge in [0, 0.05) is 5.69 Å². The van der Waals surface area contributed by atoms with Crippen molar-refractivity contribution >= 4 is 5.69 Å². The Morgan fingerprint density at radius 2 is 1.30 bits per heavy atom. The number of rotatable bonds is 6. The molecule has 0 radical (unpaired) electrons. The summed E-state index contributed by atoms with van der Waals surface area (Å²) in [5.74, 6) is 0.297. The molecule has 3 rings (SSSR count). The van der Waals surface area contributed by atoms with E-state index >= 15 is 0 Å². The Hall–Kier alpha value is -1.58. The maximum absolute atomic E-state index is 10.5. The lowest BCUT2D eigenvalue weighted by atomic mass is 9.97. The molecule has 2 fully saturated rings. The van der Waals surface area contributed by atoms with E-state index in [0.717, 1.165) is 0 Å². The molecule has 1 aromatic carbocycles. The van der Waals surface area contributed by atoms with Gasteiger partial charge >= 0.3 is 0 Å². The van der Waals surface area contributed by atoms with Gasteiger partial charge in [-0.05, 0) is 24.3 Å². The minimum absolute atomic E-state index is 0.297. The predicted molar refractivity (Wildman–Crippen MR) is 97.9 cm³/mol. The van der Waals surface area contributed by atoms with Gasteiger partial charge < -0.3 is 60.4 Å². The van der Waals surface area contributed by atoms with E-state index in [-0.39, 0.29) is 0 Å². The second kappa shape index (κ2) is 9.70. The third-order valence-electron chi connectivity index (χ3n) is 5.09. The Morgan fingerprint density at radius 3 is 1.90 bits per heavy atom. The number of nitrogens with two attached hydrogens (primary N) is 1. The molecule has 2 saturated heterocycles. The van der Waals surface area contributed by atoms with Crippen molar-refractivity contribution < 1.29 is 54.7 Å². The molecule has 10 atom stereocenters. The minimum atomic E-state index is -1.73. The van der Waals surface area contributed by atoms with E-state index in [1.54, 1.807) is 12.1 Å². The summed E-state index contributed by atoms with van der Waals surface area (Å²) in [6.07, 6.45) is -15.0. The fraction of sp³-hybridized carbons (Fsp3) is 0.667. The van der Waals surface area contributed by atoms with Crippen LogP contribution in [0.4, 0.5) is 5.69 Å². The third-order valence-corrected chi connectivity index (χ3v) is 5.09. The molecule has 0 unspecified atom stereocenters. The van der Waals surface area contributed by atoms with Crippen LogP contribution < -0.4 is 10.5 Å². The molecule has 1 aromatic rings. The molecule has 0 spiro atoms. The second-order valence-corrected chi connectivity index (χ2v) is 7.19. The molecule has 0 aromatic heterocycles. The summed E-state index contributed by atoms with van der Waals surface area (Å²) >= 11 is 0. The molecule has 2 aliphatic rings. The van der Waals surface area contributed by atoms with Crippen LogP contribution in [0.2, 0.25) is 0 Å². The van der Waals surface area contributed by atoms with Crippen molar-refractivity contribution in [2.24, 2.45) is 0 Å². The van der Waals surface area contributed by atoms with Crippen molar-refractivity contribution in [2.45, 2.75) is 61.4 Å². The van der Waals surface area contributed by atoms with Crippen LogP contribution in [-0.2, 0) is 14.2 Å². The summed E-state index contributed by atoms with van der Waals surface area (Å²) in [6.45, 7) is -1.31.